The Morgan fingerprint density at radius 3 is 2.91 bits per heavy atom. The number of H-pyrrole nitrogens is 1. The van der Waals surface area contributed by atoms with Gasteiger partial charge in [-0.05, 0) is 23.8 Å². The number of nitrogens with one attached hydrogen (secondary N) is 2. The number of anilines is 1. The second-order valence-corrected chi connectivity index (χ2v) is 6.70. The lowest BCUT2D eigenvalue weighted by molar-refractivity contribution is 0.102. The minimum atomic E-state index is -0.273. The number of nitrogens with zero attached hydrogens (tertiary/aromatic N) is 1. The summed E-state index contributed by atoms with van der Waals surface area (Å²) in [6.45, 7) is 0. The van der Waals surface area contributed by atoms with Gasteiger partial charge in [0.2, 0.25) is 0 Å². The fourth-order valence-corrected chi connectivity index (χ4v) is 3.30. The van der Waals surface area contributed by atoms with Crippen LogP contribution in [0.4, 0.5) is 5.13 Å². The van der Waals surface area contributed by atoms with Crippen LogP contribution in [-0.4, -0.2) is 15.9 Å². The van der Waals surface area contributed by atoms with Crippen molar-refractivity contribution in [2.24, 2.45) is 0 Å². The van der Waals surface area contributed by atoms with Crippen molar-refractivity contribution in [3.8, 4) is 0 Å². The summed E-state index contributed by atoms with van der Waals surface area (Å²) in [5, 5.41) is 4.03. The van der Waals surface area contributed by atoms with Gasteiger partial charge >= 0.3 is 0 Å². The van der Waals surface area contributed by atoms with E-state index in [1.165, 1.54) is 11.3 Å². The fraction of sp³-hybridized carbons (Fsp3) is 0.0625. The molecule has 0 saturated heterocycles. The number of carbonyl (C=O) groups excluding carboxylic acids is 1. The van der Waals surface area contributed by atoms with E-state index in [0.717, 1.165) is 15.5 Å². The standard InChI is InChI=1S/C16H12ClN3OS2/c17-13-6-2-1-4-10(13)8-11-9-19-16(23-11)20-14(21)12-5-3-7-18-15(12)22/h1-7,9H,8H2,(H,18,22)(H,19,20,21). The van der Waals surface area contributed by atoms with E-state index in [1.54, 1.807) is 24.5 Å². The zero-order chi connectivity index (χ0) is 16.2. The quantitative estimate of drug-likeness (QED) is 0.662. The maximum Gasteiger partial charge on any atom is 0.260 e. The second-order valence-electron chi connectivity index (χ2n) is 4.77. The minimum Gasteiger partial charge on any atom is -0.352 e. The van der Waals surface area contributed by atoms with Gasteiger partial charge in [-0.1, -0.05) is 42.0 Å². The van der Waals surface area contributed by atoms with Crippen molar-refractivity contribution >= 4 is 46.2 Å². The smallest absolute Gasteiger partial charge is 0.260 e. The van der Waals surface area contributed by atoms with E-state index in [4.69, 9.17) is 23.8 Å². The summed E-state index contributed by atoms with van der Waals surface area (Å²) in [6.07, 6.45) is 4.11. The molecule has 2 aromatic heterocycles. The molecule has 0 fully saturated rings. The van der Waals surface area contributed by atoms with Crippen molar-refractivity contribution in [1.29, 1.82) is 0 Å². The highest BCUT2D eigenvalue weighted by Crippen LogP contribution is 2.25. The predicted octanol–water partition coefficient (Wildman–Crippen LogP) is 4.70. The number of amides is 1. The van der Waals surface area contributed by atoms with Crippen LogP contribution in [0.2, 0.25) is 5.02 Å². The predicted molar refractivity (Wildman–Crippen MR) is 96.0 cm³/mol. The van der Waals surface area contributed by atoms with E-state index < -0.39 is 0 Å². The summed E-state index contributed by atoms with van der Waals surface area (Å²) in [7, 11) is 0. The first-order chi connectivity index (χ1) is 11.1. The van der Waals surface area contributed by atoms with Gasteiger partial charge in [0, 0.05) is 28.7 Å². The van der Waals surface area contributed by atoms with Crippen LogP contribution in [0, 0.1) is 4.64 Å². The van der Waals surface area contributed by atoms with Crippen LogP contribution in [-0.2, 0) is 6.42 Å². The molecule has 0 spiro atoms. The molecule has 0 aliphatic rings. The Bertz CT molecular complexity index is 904. The van der Waals surface area contributed by atoms with Gasteiger partial charge in [0.15, 0.2) is 5.13 Å². The normalized spacial score (nSPS) is 10.5. The summed E-state index contributed by atoms with van der Waals surface area (Å²) in [4.78, 5) is 20.3. The molecule has 4 nitrogen and oxygen atoms in total. The first-order valence-electron chi connectivity index (χ1n) is 6.80. The van der Waals surface area contributed by atoms with Crippen LogP contribution in [0.15, 0.2) is 48.8 Å². The summed E-state index contributed by atoms with van der Waals surface area (Å²) in [5.41, 5.74) is 1.45. The van der Waals surface area contributed by atoms with Crippen molar-refractivity contribution in [1.82, 2.24) is 9.97 Å². The number of hydrogen-bond donors (Lipinski definition) is 2. The van der Waals surface area contributed by atoms with Gasteiger partial charge in [-0.25, -0.2) is 4.98 Å². The van der Waals surface area contributed by atoms with E-state index in [1.807, 2.05) is 24.3 Å². The van der Waals surface area contributed by atoms with Gasteiger partial charge in [-0.15, -0.1) is 11.3 Å². The summed E-state index contributed by atoms with van der Waals surface area (Å²) in [6, 6.07) is 11.1. The van der Waals surface area contributed by atoms with Gasteiger partial charge in [0.1, 0.15) is 4.64 Å². The highest BCUT2D eigenvalue weighted by atomic mass is 35.5. The van der Waals surface area contributed by atoms with Crippen LogP contribution in [0.5, 0.6) is 0 Å². The zero-order valence-electron chi connectivity index (χ0n) is 11.9. The molecule has 116 valence electrons. The van der Waals surface area contributed by atoms with Gasteiger partial charge < -0.3 is 4.98 Å². The summed E-state index contributed by atoms with van der Waals surface area (Å²) >= 11 is 12.7. The van der Waals surface area contributed by atoms with Crippen molar-refractivity contribution in [3.05, 3.63) is 74.5 Å². The Hall–Kier alpha value is -2.02. The van der Waals surface area contributed by atoms with Crippen molar-refractivity contribution in [3.63, 3.8) is 0 Å². The number of aromatic nitrogens is 2. The molecule has 23 heavy (non-hydrogen) atoms. The van der Waals surface area contributed by atoms with Gasteiger partial charge in [-0.3, -0.25) is 10.1 Å². The Labute approximate surface area is 147 Å². The molecule has 0 aliphatic heterocycles. The second kappa shape index (κ2) is 7.04. The average Bonchev–Trinajstić information content (AvgIpc) is 2.97. The van der Waals surface area contributed by atoms with Crippen LogP contribution in [0.1, 0.15) is 20.8 Å². The van der Waals surface area contributed by atoms with Crippen molar-refractivity contribution in [2.45, 2.75) is 6.42 Å². The topological polar surface area (TPSA) is 57.8 Å². The molecule has 7 heteroatoms. The molecule has 0 aliphatic carbocycles. The van der Waals surface area contributed by atoms with Gasteiger partial charge in [-0.2, -0.15) is 0 Å². The third-order valence-corrected chi connectivity index (χ3v) is 4.78. The third kappa shape index (κ3) is 3.85. The third-order valence-electron chi connectivity index (χ3n) is 3.16. The van der Waals surface area contributed by atoms with Crippen LogP contribution < -0.4 is 5.32 Å². The molecule has 2 N–H and O–H groups in total. The lowest BCUT2D eigenvalue weighted by Crippen LogP contribution is -2.12. The van der Waals surface area contributed by atoms with Crippen LogP contribution >= 0.6 is 35.2 Å². The van der Waals surface area contributed by atoms with Crippen LogP contribution in [0.25, 0.3) is 0 Å². The molecule has 3 aromatic rings. The molecule has 1 amide bonds. The Morgan fingerprint density at radius 1 is 1.30 bits per heavy atom. The molecule has 0 radical (unpaired) electrons. The molecule has 0 bridgehead atoms. The fourth-order valence-electron chi connectivity index (χ4n) is 2.04. The molecule has 3 rings (SSSR count). The van der Waals surface area contributed by atoms with Gasteiger partial charge in [0.05, 0.1) is 5.56 Å². The Kier molecular flexibility index (Phi) is 4.85. The Morgan fingerprint density at radius 2 is 2.13 bits per heavy atom. The van der Waals surface area contributed by atoms with E-state index >= 15 is 0 Å². The number of hydrogen-bond acceptors (Lipinski definition) is 4. The van der Waals surface area contributed by atoms with E-state index in [9.17, 15) is 4.79 Å². The summed E-state index contributed by atoms with van der Waals surface area (Å²) < 4.78 is 0.401. The molecule has 1 aromatic carbocycles. The number of rotatable bonds is 4. The zero-order valence-corrected chi connectivity index (χ0v) is 14.3. The molecular formula is C16H12ClN3OS2. The molecule has 2 heterocycles. The van der Waals surface area contributed by atoms with Crippen molar-refractivity contribution in [2.75, 3.05) is 5.32 Å². The maximum atomic E-state index is 12.2. The molecule has 0 saturated carbocycles. The van der Waals surface area contributed by atoms with Crippen molar-refractivity contribution < 1.29 is 4.79 Å². The number of thiazole rings is 1. The first kappa shape index (κ1) is 15.9. The lowest BCUT2D eigenvalue weighted by atomic mass is 10.1. The molecule has 0 atom stereocenters. The molecule has 0 unspecified atom stereocenters. The maximum absolute atomic E-state index is 12.2. The number of aromatic amines is 1. The number of benzene rings is 1. The Balaban J connectivity index is 1.73. The van der Waals surface area contributed by atoms with Gasteiger partial charge in [0.25, 0.3) is 5.91 Å². The average molecular weight is 362 g/mol. The van der Waals surface area contributed by atoms with Crippen LogP contribution in [0.3, 0.4) is 0 Å². The lowest BCUT2D eigenvalue weighted by Gasteiger charge is -2.02. The first-order valence-corrected chi connectivity index (χ1v) is 8.41. The largest absolute Gasteiger partial charge is 0.352 e. The summed E-state index contributed by atoms with van der Waals surface area (Å²) in [5.74, 6) is -0.273. The molecular weight excluding hydrogens is 350 g/mol. The highest BCUT2D eigenvalue weighted by molar-refractivity contribution is 7.71. The van der Waals surface area contributed by atoms with E-state index in [2.05, 4.69) is 15.3 Å². The number of carbonyl (C=O) groups is 1. The minimum absolute atomic E-state index is 0.273. The highest BCUT2D eigenvalue weighted by Gasteiger charge is 2.11. The van der Waals surface area contributed by atoms with E-state index in [-0.39, 0.29) is 5.91 Å². The number of pyridine rings is 1. The monoisotopic (exact) mass is 361 g/mol. The van der Waals surface area contributed by atoms with E-state index in [0.29, 0.717) is 21.8 Å². The number of halogens is 1. The SMILES string of the molecule is O=C(Nc1ncc(Cc2ccccc2Cl)s1)c1ccc[nH]c1=S.